The van der Waals surface area contributed by atoms with Gasteiger partial charge in [0.1, 0.15) is 17.1 Å². The van der Waals surface area contributed by atoms with E-state index in [1.54, 1.807) is 0 Å². The number of amides is 1. The smallest absolute Gasteiger partial charge is 0.257 e. The molecule has 0 saturated heterocycles. The Morgan fingerprint density at radius 3 is 2.89 bits per heavy atom. The number of hydrogen-bond acceptors (Lipinski definition) is 4. The Labute approximate surface area is 159 Å². The van der Waals surface area contributed by atoms with Crippen LogP contribution in [0.2, 0.25) is 0 Å². The molecule has 1 saturated carbocycles. The highest BCUT2D eigenvalue weighted by Gasteiger charge is 2.45. The van der Waals surface area contributed by atoms with Crippen molar-refractivity contribution >= 4 is 11.7 Å². The second-order valence-corrected chi connectivity index (χ2v) is 8.29. The van der Waals surface area contributed by atoms with Gasteiger partial charge in [-0.25, -0.2) is 4.68 Å². The first-order valence-corrected chi connectivity index (χ1v) is 9.99. The number of nitrogens with one attached hydrogen (secondary N) is 1. The number of hydrogen-bond donors (Lipinski definition) is 2. The van der Waals surface area contributed by atoms with Crippen LogP contribution in [0.15, 0.2) is 18.2 Å². The van der Waals surface area contributed by atoms with Crippen LogP contribution in [0.4, 0.5) is 5.82 Å². The van der Waals surface area contributed by atoms with Crippen LogP contribution >= 0.6 is 0 Å². The van der Waals surface area contributed by atoms with Crippen LogP contribution in [0, 0.1) is 5.92 Å². The van der Waals surface area contributed by atoms with E-state index in [1.165, 1.54) is 24.0 Å². The molecule has 5 rings (SSSR count). The monoisotopic (exact) mass is 366 g/mol. The number of anilines is 1. The average molecular weight is 366 g/mol. The molecule has 142 valence electrons. The number of aryl methyl sites for hydroxylation is 1. The number of benzene rings is 1. The first-order valence-electron chi connectivity index (χ1n) is 9.99. The van der Waals surface area contributed by atoms with Crippen LogP contribution in [0.25, 0.3) is 0 Å². The van der Waals surface area contributed by atoms with Gasteiger partial charge < -0.3 is 15.8 Å². The summed E-state index contributed by atoms with van der Waals surface area (Å²) in [5.74, 6) is 2.15. The fourth-order valence-electron chi connectivity index (χ4n) is 4.65. The number of aromatic nitrogens is 2. The number of fused-ring (bicyclic) bond motifs is 2. The second kappa shape index (κ2) is 6.01. The topological polar surface area (TPSA) is 82.2 Å². The van der Waals surface area contributed by atoms with Crippen LogP contribution in [0.1, 0.15) is 53.4 Å². The first kappa shape index (κ1) is 16.7. The molecule has 2 aromatic rings. The number of nitrogen functional groups attached to an aromatic ring is 1. The predicted molar refractivity (Wildman–Crippen MR) is 103 cm³/mol. The molecule has 6 nitrogen and oxygen atoms in total. The molecule has 1 atom stereocenters. The Bertz CT molecular complexity index is 915. The lowest BCUT2D eigenvalue weighted by Crippen LogP contribution is -2.54. The molecule has 2 heterocycles. The number of carbonyl (C=O) groups is 1. The number of nitrogens with two attached hydrogens (primary N) is 1. The summed E-state index contributed by atoms with van der Waals surface area (Å²) < 4.78 is 7.48. The summed E-state index contributed by atoms with van der Waals surface area (Å²) in [6, 6.07) is 6.25. The van der Waals surface area contributed by atoms with E-state index in [-0.39, 0.29) is 11.4 Å². The zero-order valence-corrected chi connectivity index (χ0v) is 15.8. The Balaban J connectivity index is 1.41. The van der Waals surface area contributed by atoms with Crippen LogP contribution in [-0.4, -0.2) is 27.8 Å². The van der Waals surface area contributed by atoms with E-state index < -0.39 is 0 Å². The summed E-state index contributed by atoms with van der Waals surface area (Å²) in [6.07, 6.45) is 6.09. The molecule has 1 amide bonds. The van der Waals surface area contributed by atoms with Crippen molar-refractivity contribution < 1.29 is 9.53 Å². The predicted octanol–water partition coefficient (Wildman–Crippen LogP) is 2.49. The molecule has 1 spiro atoms. The highest BCUT2D eigenvalue weighted by atomic mass is 16.5. The fourth-order valence-corrected chi connectivity index (χ4v) is 4.65. The second-order valence-electron chi connectivity index (χ2n) is 8.29. The van der Waals surface area contributed by atoms with Gasteiger partial charge in [0.25, 0.3) is 5.91 Å². The van der Waals surface area contributed by atoms with Crippen molar-refractivity contribution in [3.63, 3.8) is 0 Å². The fraction of sp³-hybridized carbons (Fsp3) is 0.524. The van der Waals surface area contributed by atoms with Crippen molar-refractivity contribution in [2.45, 2.75) is 57.5 Å². The van der Waals surface area contributed by atoms with Gasteiger partial charge in [0.2, 0.25) is 0 Å². The number of ether oxygens (including phenoxy) is 1. The van der Waals surface area contributed by atoms with Gasteiger partial charge in [-0.15, -0.1) is 0 Å². The van der Waals surface area contributed by atoms with Gasteiger partial charge in [-0.2, -0.15) is 5.10 Å². The molecule has 1 fully saturated rings. The molecule has 0 bridgehead atoms. The molecule has 3 aliphatic rings. The summed E-state index contributed by atoms with van der Waals surface area (Å²) in [5, 5.41) is 8.00. The van der Waals surface area contributed by atoms with Crippen LogP contribution < -0.4 is 15.8 Å². The molecule has 0 radical (unpaired) electrons. The first-order chi connectivity index (χ1) is 13.1. The molecule has 3 N–H and O–H groups in total. The highest BCUT2D eigenvalue weighted by Crippen LogP contribution is 2.39. The number of rotatable bonds is 5. The third-order valence-corrected chi connectivity index (χ3v) is 6.17. The Morgan fingerprint density at radius 1 is 1.30 bits per heavy atom. The van der Waals surface area contributed by atoms with Gasteiger partial charge in [0.05, 0.1) is 17.8 Å². The number of carbonyl (C=O) groups excluding carboxylic acids is 1. The molecule has 1 aromatic heterocycles. The molecule has 1 unspecified atom stereocenters. The van der Waals surface area contributed by atoms with Crippen molar-refractivity contribution in [3.05, 3.63) is 40.6 Å². The van der Waals surface area contributed by atoms with E-state index in [4.69, 9.17) is 15.6 Å². The quantitative estimate of drug-likeness (QED) is 0.852. The van der Waals surface area contributed by atoms with Crippen molar-refractivity contribution in [2.75, 3.05) is 12.3 Å². The average Bonchev–Trinajstić information content (AvgIpc) is 3.31. The van der Waals surface area contributed by atoms with Gasteiger partial charge in [-0.05, 0) is 55.4 Å². The zero-order valence-electron chi connectivity index (χ0n) is 15.8. The molecule has 1 aliphatic heterocycles. The van der Waals surface area contributed by atoms with Gasteiger partial charge in [-0.1, -0.05) is 18.9 Å². The Hall–Kier alpha value is -2.50. The summed E-state index contributed by atoms with van der Waals surface area (Å²) in [6.45, 7) is 3.45. The molecular weight excluding hydrogens is 340 g/mol. The van der Waals surface area contributed by atoms with Crippen molar-refractivity contribution in [1.82, 2.24) is 15.1 Å². The van der Waals surface area contributed by atoms with Crippen LogP contribution in [-0.2, 0) is 25.8 Å². The van der Waals surface area contributed by atoms with Crippen LogP contribution in [0.3, 0.4) is 0 Å². The van der Waals surface area contributed by atoms with Crippen molar-refractivity contribution in [2.24, 2.45) is 5.92 Å². The van der Waals surface area contributed by atoms with Crippen molar-refractivity contribution in [3.8, 4) is 5.75 Å². The van der Waals surface area contributed by atoms with E-state index in [9.17, 15) is 4.79 Å². The minimum Gasteiger partial charge on any atom is -0.494 e. The lowest BCUT2D eigenvalue weighted by Gasteiger charge is -2.33. The van der Waals surface area contributed by atoms with E-state index in [2.05, 4.69) is 17.4 Å². The Morgan fingerprint density at radius 2 is 2.11 bits per heavy atom. The highest BCUT2D eigenvalue weighted by molar-refractivity contribution is 6.01. The summed E-state index contributed by atoms with van der Waals surface area (Å²) in [4.78, 5) is 12.9. The molecule has 27 heavy (non-hydrogen) atoms. The lowest BCUT2D eigenvalue weighted by atomic mass is 9.85. The van der Waals surface area contributed by atoms with Gasteiger partial charge in [0.15, 0.2) is 0 Å². The SMILES string of the molecule is CCOc1ccc2c(c1)CC1(C2)Cc2nn(CCC3CC3)c(N)c2C(=O)N1. The normalized spacial score (nSPS) is 23.2. The summed E-state index contributed by atoms with van der Waals surface area (Å²) >= 11 is 0. The van der Waals surface area contributed by atoms with E-state index in [1.807, 2.05) is 17.7 Å². The van der Waals surface area contributed by atoms with Gasteiger partial charge in [-0.3, -0.25) is 4.79 Å². The third-order valence-electron chi connectivity index (χ3n) is 6.17. The standard InChI is InChI=1S/C21H26N4O2/c1-2-27-16-6-5-14-10-21(11-15(14)9-16)12-17-18(20(26)23-21)19(22)25(24-17)8-7-13-3-4-13/h5-6,9,13H,2-4,7-8,10-12,22H2,1H3,(H,23,26). The summed E-state index contributed by atoms with van der Waals surface area (Å²) in [5.41, 5.74) is 9.95. The molecule has 6 heteroatoms. The summed E-state index contributed by atoms with van der Waals surface area (Å²) in [7, 11) is 0. The number of nitrogens with zero attached hydrogens (tertiary/aromatic N) is 2. The van der Waals surface area contributed by atoms with E-state index in [0.29, 0.717) is 18.0 Å². The molecular formula is C21H26N4O2. The maximum atomic E-state index is 12.9. The Kier molecular flexibility index (Phi) is 3.71. The lowest BCUT2D eigenvalue weighted by molar-refractivity contribution is 0.0883. The van der Waals surface area contributed by atoms with Gasteiger partial charge in [0, 0.05) is 13.0 Å². The van der Waals surface area contributed by atoms with E-state index >= 15 is 0 Å². The van der Waals surface area contributed by atoms with Gasteiger partial charge >= 0.3 is 0 Å². The molecule has 2 aliphatic carbocycles. The minimum atomic E-state index is -0.292. The third kappa shape index (κ3) is 2.87. The largest absolute Gasteiger partial charge is 0.494 e. The minimum absolute atomic E-state index is 0.0794. The van der Waals surface area contributed by atoms with Crippen LogP contribution in [0.5, 0.6) is 5.75 Å². The zero-order chi connectivity index (χ0) is 18.6. The maximum absolute atomic E-state index is 12.9. The van der Waals surface area contributed by atoms with Crippen molar-refractivity contribution in [1.29, 1.82) is 0 Å². The maximum Gasteiger partial charge on any atom is 0.257 e. The van der Waals surface area contributed by atoms with E-state index in [0.717, 1.165) is 49.6 Å². The molecule has 1 aromatic carbocycles.